The SMILES string of the molecule is C[C@H](c1cc2ccccc2[nH]1)N(C)C(=O)c1ccc(CN2CCCCC2)cc1. The molecule has 3 aromatic rings. The number of nitrogens with zero attached hydrogens (tertiary/aromatic N) is 2. The van der Waals surface area contributed by atoms with Crippen molar-refractivity contribution in [3.8, 4) is 0 Å². The first-order chi connectivity index (χ1) is 13.6. The van der Waals surface area contributed by atoms with Crippen LogP contribution in [0.4, 0.5) is 0 Å². The van der Waals surface area contributed by atoms with Crippen LogP contribution in [0.2, 0.25) is 0 Å². The molecule has 1 N–H and O–H groups in total. The molecule has 1 saturated heterocycles. The number of likely N-dealkylation sites (tertiary alicyclic amines) is 1. The van der Waals surface area contributed by atoms with Crippen molar-refractivity contribution in [3.63, 3.8) is 0 Å². The molecule has 1 aromatic heterocycles. The number of aromatic amines is 1. The van der Waals surface area contributed by atoms with Crippen LogP contribution in [0.1, 0.15) is 53.8 Å². The van der Waals surface area contributed by atoms with Gasteiger partial charge in [-0.05, 0) is 68.1 Å². The molecule has 0 spiro atoms. The molecule has 1 amide bonds. The number of H-pyrrole nitrogens is 1. The number of amides is 1. The van der Waals surface area contributed by atoms with Crippen molar-refractivity contribution < 1.29 is 4.79 Å². The Bertz CT molecular complexity index is 905. The maximum atomic E-state index is 13.0. The van der Waals surface area contributed by atoms with Crippen LogP contribution in [0.25, 0.3) is 10.9 Å². The summed E-state index contributed by atoms with van der Waals surface area (Å²) in [4.78, 5) is 20.7. The highest BCUT2D eigenvalue weighted by Crippen LogP contribution is 2.24. The molecule has 0 aliphatic carbocycles. The number of carbonyl (C=O) groups is 1. The number of aromatic nitrogens is 1. The van der Waals surface area contributed by atoms with Gasteiger partial charge in [-0.1, -0.05) is 36.8 Å². The zero-order chi connectivity index (χ0) is 19.5. The first kappa shape index (κ1) is 18.8. The molecule has 1 atom stereocenters. The van der Waals surface area contributed by atoms with Crippen LogP contribution in [0, 0.1) is 0 Å². The van der Waals surface area contributed by atoms with Crippen LogP contribution in [-0.2, 0) is 6.54 Å². The molecule has 2 heterocycles. The van der Waals surface area contributed by atoms with Gasteiger partial charge in [0, 0.05) is 30.4 Å². The Balaban J connectivity index is 1.43. The first-order valence-corrected chi connectivity index (χ1v) is 10.3. The van der Waals surface area contributed by atoms with E-state index < -0.39 is 0 Å². The molecule has 0 saturated carbocycles. The van der Waals surface area contributed by atoms with E-state index in [0.29, 0.717) is 0 Å². The molecule has 1 aliphatic heterocycles. The third-order valence-corrected chi connectivity index (χ3v) is 5.96. The van der Waals surface area contributed by atoms with Crippen molar-refractivity contribution in [1.82, 2.24) is 14.8 Å². The second-order valence-electron chi connectivity index (χ2n) is 7.94. The first-order valence-electron chi connectivity index (χ1n) is 10.3. The number of para-hydroxylation sites is 1. The number of carbonyl (C=O) groups excluding carboxylic acids is 1. The molecule has 0 unspecified atom stereocenters. The van der Waals surface area contributed by atoms with Gasteiger partial charge in [0.2, 0.25) is 0 Å². The number of piperidine rings is 1. The monoisotopic (exact) mass is 375 g/mol. The van der Waals surface area contributed by atoms with Crippen molar-refractivity contribution in [2.45, 2.75) is 38.8 Å². The number of fused-ring (bicyclic) bond motifs is 1. The predicted molar refractivity (Wildman–Crippen MR) is 114 cm³/mol. The van der Waals surface area contributed by atoms with Crippen molar-refractivity contribution in [3.05, 3.63) is 71.4 Å². The van der Waals surface area contributed by atoms with Gasteiger partial charge in [0.05, 0.1) is 6.04 Å². The largest absolute Gasteiger partial charge is 0.357 e. The van der Waals surface area contributed by atoms with Crippen molar-refractivity contribution >= 4 is 16.8 Å². The molecule has 0 bridgehead atoms. The summed E-state index contributed by atoms with van der Waals surface area (Å²) in [6, 6.07) is 18.5. The topological polar surface area (TPSA) is 39.3 Å². The smallest absolute Gasteiger partial charge is 0.254 e. The van der Waals surface area contributed by atoms with Crippen molar-refractivity contribution in [2.24, 2.45) is 0 Å². The van der Waals surface area contributed by atoms with E-state index in [2.05, 4.69) is 47.1 Å². The lowest BCUT2D eigenvalue weighted by Crippen LogP contribution is -2.30. The van der Waals surface area contributed by atoms with Crippen LogP contribution in [0.5, 0.6) is 0 Å². The highest BCUT2D eigenvalue weighted by molar-refractivity contribution is 5.94. The van der Waals surface area contributed by atoms with Crippen LogP contribution >= 0.6 is 0 Å². The van der Waals surface area contributed by atoms with Crippen molar-refractivity contribution in [2.75, 3.05) is 20.1 Å². The molecule has 2 aromatic carbocycles. The minimum Gasteiger partial charge on any atom is -0.357 e. The maximum Gasteiger partial charge on any atom is 0.254 e. The summed E-state index contributed by atoms with van der Waals surface area (Å²) in [5.41, 5.74) is 4.18. The molecular weight excluding hydrogens is 346 g/mol. The minimum absolute atomic E-state index is 0.0204. The van der Waals surface area contributed by atoms with E-state index in [-0.39, 0.29) is 11.9 Å². The lowest BCUT2D eigenvalue weighted by molar-refractivity contribution is 0.0740. The lowest BCUT2D eigenvalue weighted by atomic mass is 10.1. The van der Waals surface area contributed by atoms with Gasteiger partial charge in [0.1, 0.15) is 0 Å². The summed E-state index contributed by atoms with van der Waals surface area (Å²) >= 11 is 0. The number of rotatable bonds is 5. The molecule has 0 radical (unpaired) electrons. The molecule has 4 nitrogen and oxygen atoms in total. The highest BCUT2D eigenvalue weighted by Gasteiger charge is 2.20. The van der Waals surface area contributed by atoms with Gasteiger partial charge >= 0.3 is 0 Å². The average Bonchev–Trinajstić information content (AvgIpc) is 3.18. The molecule has 146 valence electrons. The summed E-state index contributed by atoms with van der Waals surface area (Å²) in [5.74, 6) is 0.0516. The van der Waals surface area contributed by atoms with E-state index in [9.17, 15) is 4.79 Å². The standard InChI is InChI=1S/C24H29N3O/c1-18(23-16-21-8-4-5-9-22(21)25-23)26(2)24(28)20-12-10-19(11-13-20)17-27-14-6-3-7-15-27/h4-5,8-13,16,18,25H,3,6-7,14-15,17H2,1-2H3/t18-/m1/s1. The third kappa shape index (κ3) is 3.97. The fraction of sp³-hybridized carbons (Fsp3) is 0.375. The van der Waals surface area contributed by atoms with Gasteiger partial charge in [0.15, 0.2) is 0 Å². The lowest BCUT2D eigenvalue weighted by Gasteiger charge is -2.26. The van der Waals surface area contributed by atoms with Crippen LogP contribution in [-0.4, -0.2) is 40.8 Å². The van der Waals surface area contributed by atoms with Crippen LogP contribution in [0.15, 0.2) is 54.6 Å². The Morgan fingerprint density at radius 1 is 1.07 bits per heavy atom. The summed E-state index contributed by atoms with van der Waals surface area (Å²) in [6.45, 7) is 5.42. The van der Waals surface area contributed by atoms with Gasteiger partial charge in [0.25, 0.3) is 5.91 Å². The van der Waals surface area contributed by atoms with E-state index in [1.54, 1.807) is 0 Å². The van der Waals surface area contributed by atoms with E-state index in [4.69, 9.17) is 0 Å². The molecule has 4 rings (SSSR count). The molecule has 1 aliphatic rings. The highest BCUT2D eigenvalue weighted by atomic mass is 16.2. The van der Waals surface area contributed by atoms with Crippen molar-refractivity contribution in [1.29, 1.82) is 0 Å². The fourth-order valence-electron chi connectivity index (χ4n) is 4.04. The second kappa shape index (κ2) is 8.19. The summed E-state index contributed by atoms with van der Waals surface area (Å²) in [6.07, 6.45) is 3.95. The average molecular weight is 376 g/mol. The Morgan fingerprint density at radius 3 is 2.50 bits per heavy atom. The number of hydrogen-bond acceptors (Lipinski definition) is 2. The summed E-state index contributed by atoms with van der Waals surface area (Å²) in [5, 5.41) is 1.17. The van der Waals surface area contributed by atoms with E-state index in [1.165, 1.54) is 43.3 Å². The predicted octanol–water partition coefficient (Wildman–Crippen LogP) is 4.99. The zero-order valence-electron chi connectivity index (χ0n) is 16.8. The van der Waals surface area contributed by atoms with E-state index in [0.717, 1.165) is 23.3 Å². The normalized spacial score (nSPS) is 16.2. The Hall–Kier alpha value is -2.59. The van der Waals surface area contributed by atoms with Crippen LogP contribution < -0.4 is 0 Å². The van der Waals surface area contributed by atoms with Gasteiger partial charge in [-0.25, -0.2) is 0 Å². The number of nitrogens with one attached hydrogen (secondary N) is 1. The zero-order valence-corrected chi connectivity index (χ0v) is 16.8. The molecule has 1 fully saturated rings. The quantitative estimate of drug-likeness (QED) is 0.682. The Morgan fingerprint density at radius 2 is 1.79 bits per heavy atom. The van der Waals surface area contributed by atoms with Gasteiger partial charge < -0.3 is 9.88 Å². The molecule has 4 heteroatoms. The van der Waals surface area contributed by atoms with Gasteiger partial charge in [-0.3, -0.25) is 9.69 Å². The van der Waals surface area contributed by atoms with Gasteiger partial charge in [-0.15, -0.1) is 0 Å². The number of hydrogen-bond donors (Lipinski definition) is 1. The molecule has 28 heavy (non-hydrogen) atoms. The second-order valence-corrected chi connectivity index (χ2v) is 7.94. The van der Waals surface area contributed by atoms with E-state index >= 15 is 0 Å². The minimum atomic E-state index is -0.0204. The fourth-order valence-corrected chi connectivity index (χ4v) is 4.04. The Kier molecular flexibility index (Phi) is 5.49. The summed E-state index contributed by atoms with van der Waals surface area (Å²) in [7, 11) is 1.88. The number of benzene rings is 2. The van der Waals surface area contributed by atoms with E-state index in [1.807, 2.05) is 36.2 Å². The maximum absolute atomic E-state index is 13.0. The van der Waals surface area contributed by atoms with Gasteiger partial charge in [-0.2, -0.15) is 0 Å². The summed E-state index contributed by atoms with van der Waals surface area (Å²) < 4.78 is 0. The molecular formula is C24H29N3O. The van der Waals surface area contributed by atoms with Crippen LogP contribution in [0.3, 0.4) is 0 Å². The third-order valence-electron chi connectivity index (χ3n) is 5.96. The Labute approximate surface area is 167 Å².